The van der Waals surface area contributed by atoms with Crippen LogP contribution in [-0.2, 0) is 11.2 Å². The number of nitrogens with zero attached hydrogens (tertiary/aromatic N) is 1. The molecular weight excluding hydrogens is 320 g/mol. The van der Waals surface area contributed by atoms with Crippen LogP contribution in [0, 0.1) is 0 Å². The minimum Gasteiger partial charge on any atom is -0.493 e. The van der Waals surface area contributed by atoms with E-state index in [0.29, 0.717) is 18.1 Å². The van der Waals surface area contributed by atoms with Gasteiger partial charge in [-0.3, -0.25) is 9.69 Å². The van der Waals surface area contributed by atoms with Crippen molar-refractivity contribution in [1.82, 2.24) is 10.2 Å². The summed E-state index contributed by atoms with van der Waals surface area (Å²) >= 11 is 0. The number of carboxylic acid groups (broad SMARTS) is 1. The Labute approximate surface area is 150 Å². The summed E-state index contributed by atoms with van der Waals surface area (Å²) in [7, 11) is 3.28. The number of benzene rings is 1. The van der Waals surface area contributed by atoms with Gasteiger partial charge in [0.1, 0.15) is 0 Å². The Morgan fingerprint density at radius 3 is 2.56 bits per heavy atom. The normalized spacial score (nSPS) is 20.8. The van der Waals surface area contributed by atoms with E-state index in [2.05, 4.69) is 18.3 Å². The first-order valence-electron chi connectivity index (χ1n) is 8.89. The summed E-state index contributed by atoms with van der Waals surface area (Å²) in [6.45, 7) is 5.11. The lowest BCUT2D eigenvalue weighted by molar-refractivity contribution is -0.139. The molecule has 2 rings (SSSR count). The molecule has 6 nitrogen and oxygen atoms in total. The van der Waals surface area contributed by atoms with Crippen LogP contribution >= 0.6 is 0 Å². The minimum atomic E-state index is -0.750. The number of carbonyl (C=O) groups is 1. The summed E-state index contributed by atoms with van der Waals surface area (Å²) in [6.07, 6.45) is 2.93. The zero-order valence-corrected chi connectivity index (χ0v) is 15.6. The van der Waals surface area contributed by atoms with Gasteiger partial charge in [0.05, 0.1) is 20.8 Å². The van der Waals surface area contributed by atoms with Gasteiger partial charge in [0.2, 0.25) is 0 Å². The third-order valence-corrected chi connectivity index (χ3v) is 4.88. The molecule has 1 aliphatic carbocycles. The largest absolute Gasteiger partial charge is 0.493 e. The molecule has 1 fully saturated rings. The Kier molecular flexibility index (Phi) is 7.08. The average molecular weight is 350 g/mol. The van der Waals surface area contributed by atoms with Crippen molar-refractivity contribution in [3.63, 3.8) is 0 Å². The van der Waals surface area contributed by atoms with Crippen molar-refractivity contribution in [2.24, 2.45) is 0 Å². The van der Waals surface area contributed by atoms with Gasteiger partial charge >= 0.3 is 5.97 Å². The van der Waals surface area contributed by atoms with Crippen LogP contribution in [0.3, 0.4) is 0 Å². The Hall–Kier alpha value is -1.79. The zero-order valence-electron chi connectivity index (χ0n) is 15.6. The molecule has 1 saturated carbocycles. The lowest BCUT2D eigenvalue weighted by atomic mass is 9.84. The molecular formula is C19H30N2O4. The molecule has 0 aromatic heterocycles. The number of hydrogen-bond donors (Lipinski definition) is 2. The SMILES string of the molecule is CCN(CC(=O)O)C1CC(NC(C)Cc2ccc(OC)c(OC)c2)C1. The fraction of sp³-hybridized carbons (Fsp3) is 0.632. The summed E-state index contributed by atoms with van der Waals surface area (Å²) in [5.41, 5.74) is 1.20. The highest BCUT2D eigenvalue weighted by Gasteiger charge is 2.34. The van der Waals surface area contributed by atoms with Gasteiger partial charge in [-0.25, -0.2) is 0 Å². The van der Waals surface area contributed by atoms with Crippen molar-refractivity contribution >= 4 is 5.97 Å². The van der Waals surface area contributed by atoms with E-state index in [9.17, 15) is 4.79 Å². The van der Waals surface area contributed by atoms with Crippen molar-refractivity contribution in [2.45, 2.75) is 51.2 Å². The van der Waals surface area contributed by atoms with Crippen molar-refractivity contribution in [1.29, 1.82) is 0 Å². The maximum Gasteiger partial charge on any atom is 0.317 e. The van der Waals surface area contributed by atoms with Crippen LogP contribution in [0.1, 0.15) is 32.3 Å². The monoisotopic (exact) mass is 350 g/mol. The van der Waals surface area contributed by atoms with Gasteiger partial charge < -0.3 is 19.9 Å². The second kappa shape index (κ2) is 9.06. The van der Waals surface area contributed by atoms with Gasteiger partial charge in [-0.2, -0.15) is 0 Å². The van der Waals surface area contributed by atoms with Crippen LogP contribution in [0.2, 0.25) is 0 Å². The number of carboxylic acids is 1. The molecule has 1 aliphatic rings. The molecule has 2 N–H and O–H groups in total. The van der Waals surface area contributed by atoms with Gasteiger partial charge in [-0.15, -0.1) is 0 Å². The number of ether oxygens (including phenoxy) is 2. The summed E-state index contributed by atoms with van der Waals surface area (Å²) in [5.74, 6) is 0.745. The van der Waals surface area contributed by atoms with Gasteiger partial charge in [0.15, 0.2) is 11.5 Å². The predicted molar refractivity (Wildman–Crippen MR) is 97.5 cm³/mol. The highest BCUT2D eigenvalue weighted by molar-refractivity contribution is 5.69. The van der Waals surface area contributed by atoms with E-state index in [4.69, 9.17) is 14.6 Å². The van der Waals surface area contributed by atoms with Crippen molar-refractivity contribution in [2.75, 3.05) is 27.3 Å². The number of hydrogen-bond acceptors (Lipinski definition) is 5. The first-order valence-corrected chi connectivity index (χ1v) is 8.89. The van der Waals surface area contributed by atoms with Gasteiger partial charge in [0.25, 0.3) is 0 Å². The first kappa shape index (κ1) is 19.5. The third-order valence-electron chi connectivity index (χ3n) is 4.88. The summed E-state index contributed by atoms with van der Waals surface area (Å²) < 4.78 is 10.6. The van der Waals surface area contributed by atoms with Crippen molar-refractivity contribution in [3.05, 3.63) is 23.8 Å². The Bertz CT molecular complexity index is 573. The molecule has 140 valence electrons. The molecule has 1 unspecified atom stereocenters. The Morgan fingerprint density at radius 1 is 1.32 bits per heavy atom. The molecule has 6 heteroatoms. The number of aliphatic carboxylic acids is 1. The second-order valence-electron chi connectivity index (χ2n) is 6.74. The lowest BCUT2D eigenvalue weighted by Gasteiger charge is -2.43. The van der Waals surface area contributed by atoms with E-state index in [1.807, 2.05) is 24.0 Å². The summed E-state index contributed by atoms with van der Waals surface area (Å²) in [5, 5.41) is 12.6. The van der Waals surface area contributed by atoms with Crippen LogP contribution in [0.25, 0.3) is 0 Å². The van der Waals surface area contributed by atoms with E-state index in [1.165, 1.54) is 5.56 Å². The van der Waals surface area contributed by atoms with E-state index >= 15 is 0 Å². The Morgan fingerprint density at radius 2 is 2.00 bits per heavy atom. The molecule has 1 aromatic rings. The number of likely N-dealkylation sites (N-methyl/N-ethyl adjacent to an activating group) is 1. The zero-order chi connectivity index (χ0) is 18.4. The highest BCUT2D eigenvalue weighted by atomic mass is 16.5. The van der Waals surface area contributed by atoms with Gasteiger partial charge in [-0.05, 0) is 50.4 Å². The summed E-state index contributed by atoms with van der Waals surface area (Å²) in [6, 6.07) is 7.21. The van der Waals surface area contributed by atoms with E-state index in [0.717, 1.165) is 37.3 Å². The molecule has 0 saturated heterocycles. The fourth-order valence-corrected chi connectivity index (χ4v) is 3.52. The topological polar surface area (TPSA) is 71.0 Å². The van der Waals surface area contributed by atoms with Crippen LogP contribution in [-0.4, -0.2) is 61.4 Å². The van der Waals surface area contributed by atoms with Crippen molar-refractivity contribution < 1.29 is 19.4 Å². The molecule has 0 amide bonds. The quantitative estimate of drug-likeness (QED) is 0.674. The predicted octanol–water partition coefficient (Wildman–Crippen LogP) is 2.16. The summed E-state index contributed by atoms with van der Waals surface area (Å²) in [4.78, 5) is 12.9. The van der Waals surface area contributed by atoms with Crippen LogP contribution in [0.15, 0.2) is 18.2 Å². The van der Waals surface area contributed by atoms with E-state index in [1.54, 1.807) is 14.2 Å². The standard InChI is InChI=1S/C19H30N2O4/c1-5-21(12-19(22)23)16-10-15(11-16)20-13(2)8-14-6-7-17(24-3)18(9-14)25-4/h6-7,9,13,15-16,20H,5,8,10-12H2,1-4H3,(H,22,23). The maximum absolute atomic E-state index is 10.9. The van der Waals surface area contributed by atoms with Crippen molar-refractivity contribution in [3.8, 4) is 11.5 Å². The molecule has 1 atom stereocenters. The average Bonchev–Trinajstić information content (AvgIpc) is 2.55. The van der Waals surface area contributed by atoms with E-state index < -0.39 is 5.97 Å². The highest BCUT2D eigenvalue weighted by Crippen LogP contribution is 2.29. The lowest BCUT2D eigenvalue weighted by Crippen LogP contribution is -2.55. The molecule has 1 aromatic carbocycles. The minimum absolute atomic E-state index is 0.134. The van der Waals surface area contributed by atoms with Gasteiger partial charge in [-0.1, -0.05) is 13.0 Å². The molecule has 25 heavy (non-hydrogen) atoms. The maximum atomic E-state index is 10.9. The number of methoxy groups -OCH3 is 2. The molecule has 0 spiro atoms. The van der Waals surface area contributed by atoms with Crippen LogP contribution < -0.4 is 14.8 Å². The molecule has 0 heterocycles. The fourth-order valence-electron chi connectivity index (χ4n) is 3.52. The Balaban J connectivity index is 1.80. The molecule has 0 radical (unpaired) electrons. The van der Waals surface area contributed by atoms with Crippen LogP contribution in [0.4, 0.5) is 0 Å². The number of rotatable bonds is 10. The van der Waals surface area contributed by atoms with E-state index in [-0.39, 0.29) is 6.54 Å². The van der Waals surface area contributed by atoms with Gasteiger partial charge in [0, 0.05) is 18.1 Å². The number of nitrogens with one attached hydrogen (secondary N) is 1. The molecule has 0 aliphatic heterocycles. The first-order chi connectivity index (χ1) is 12.0. The second-order valence-corrected chi connectivity index (χ2v) is 6.74. The molecule has 0 bridgehead atoms. The third kappa shape index (κ3) is 5.34. The van der Waals surface area contributed by atoms with Crippen LogP contribution in [0.5, 0.6) is 11.5 Å². The smallest absolute Gasteiger partial charge is 0.317 e.